The number of carboxylic acids is 1. The van der Waals surface area contributed by atoms with Crippen LogP contribution in [0.4, 0.5) is 0 Å². The average molecular weight is 446 g/mol. The first-order chi connectivity index (χ1) is 14.8. The van der Waals surface area contributed by atoms with Gasteiger partial charge in [0.15, 0.2) is 11.5 Å². The number of hydrogen-bond donors (Lipinski definition) is 1. The SMILES string of the molecule is O=C(O)c1ccc(CC(=O)N2CCN(S(=O)(=O)c3ccc4c(c3)OCCO4)CC2)cc1. The lowest BCUT2D eigenvalue weighted by Crippen LogP contribution is -2.50. The highest BCUT2D eigenvalue weighted by molar-refractivity contribution is 7.89. The van der Waals surface area contributed by atoms with Crippen molar-refractivity contribution >= 4 is 21.9 Å². The summed E-state index contributed by atoms with van der Waals surface area (Å²) >= 11 is 0. The van der Waals surface area contributed by atoms with Crippen LogP contribution in [0.25, 0.3) is 0 Å². The molecule has 2 aromatic carbocycles. The molecule has 4 rings (SSSR count). The summed E-state index contributed by atoms with van der Waals surface area (Å²) in [6, 6.07) is 10.7. The molecule has 2 aliphatic heterocycles. The van der Waals surface area contributed by atoms with Crippen molar-refractivity contribution in [3.05, 3.63) is 53.6 Å². The van der Waals surface area contributed by atoms with Crippen LogP contribution in [0.2, 0.25) is 0 Å². The normalized spacial score (nSPS) is 16.7. The molecular formula is C21H22N2O7S. The molecule has 2 aliphatic rings. The molecule has 2 aromatic rings. The third-order valence-corrected chi connectivity index (χ3v) is 7.19. The van der Waals surface area contributed by atoms with Crippen molar-refractivity contribution in [3.8, 4) is 11.5 Å². The molecule has 164 valence electrons. The minimum absolute atomic E-state index is 0.126. The highest BCUT2D eigenvalue weighted by atomic mass is 32.2. The number of hydrogen-bond acceptors (Lipinski definition) is 6. The van der Waals surface area contributed by atoms with E-state index >= 15 is 0 Å². The van der Waals surface area contributed by atoms with Crippen LogP contribution < -0.4 is 9.47 Å². The molecule has 0 bridgehead atoms. The van der Waals surface area contributed by atoms with E-state index in [1.54, 1.807) is 23.1 Å². The number of fused-ring (bicyclic) bond motifs is 1. The third-order valence-electron chi connectivity index (χ3n) is 5.30. The van der Waals surface area contributed by atoms with Crippen LogP contribution in [0.3, 0.4) is 0 Å². The fourth-order valence-corrected chi connectivity index (χ4v) is 5.00. The van der Waals surface area contributed by atoms with Gasteiger partial charge < -0.3 is 19.5 Å². The van der Waals surface area contributed by atoms with Crippen molar-refractivity contribution in [1.82, 2.24) is 9.21 Å². The van der Waals surface area contributed by atoms with E-state index in [4.69, 9.17) is 14.6 Å². The van der Waals surface area contributed by atoms with E-state index in [1.165, 1.54) is 28.6 Å². The van der Waals surface area contributed by atoms with Crippen LogP contribution in [0.5, 0.6) is 11.5 Å². The Balaban J connectivity index is 1.37. The first-order valence-corrected chi connectivity index (χ1v) is 11.3. The molecule has 1 N–H and O–H groups in total. The molecule has 10 heteroatoms. The van der Waals surface area contributed by atoms with Crippen LogP contribution in [-0.2, 0) is 21.2 Å². The monoisotopic (exact) mass is 446 g/mol. The van der Waals surface area contributed by atoms with Crippen LogP contribution in [-0.4, -0.2) is 74.0 Å². The van der Waals surface area contributed by atoms with E-state index in [0.717, 1.165) is 0 Å². The summed E-state index contributed by atoms with van der Waals surface area (Å²) in [5, 5.41) is 8.95. The Morgan fingerprint density at radius 3 is 2.19 bits per heavy atom. The number of rotatable bonds is 5. The fourth-order valence-electron chi connectivity index (χ4n) is 3.56. The van der Waals surface area contributed by atoms with Gasteiger partial charge in [-0.15, -0.1) is 0 Å². The molecule has 2 heterocycles. The number of carbonyl (C=O) groups excluding carboxylic acids is 1. The lowest BCUT2D eigenvalue weighted by molar-refractivity contribution is -0.131. The van der Waals surface area contributed by atoms with Gasteiger partial charge >= 0.3 is 5.97 Å². The smallest absolute Gasteiger partial charge is 0.335 e. The summed E-state index contributed by atoms with van der Waals surface area (Å²) in [5.74, 6) is -0.209. The molecule has 0 aromatic heterocycles. The van der Waals surface area contributed by atoms with Crippen molar-refractivity contribution in [3.63, 3.8) is 0 Å². The van der Waals surface area contributed by atoms with E-state index in [-0.39, 0.29) is 49.0 Å². The number of carboxylic acid groups (broad SMARTS) is 1. The van der Waals surface area contributed by atoms with Crippen molar-refractivity contribution in [2.24, 2.45) is 0 Å². The standard InChI is InChI=1S/C21H22N2O7S/c24-20(13-15-1-3-16(4-2-15)21(25)26)22-7-9-23(10-8-22)31(27,28)17-5-6-18-19(14-17)30-12-11-29-18/h1-6,14H,7-13H2,(H,25,26). The number of aromatic carboxylic acids is 1. The van der Waals surface area contributed by atoms with E-state index in [1.807, 2.05) is 0 Å². The summed E-state index contributed by atoms with van der Waals surface area (Å²) in [6.07, 6.45) is 0.134. The third kappa shape index (κ3) is 4.49. The summed E-state index contributed by atoms with van der Waals surface area (Å²) in [4.78, 5) is 25.3. The molecule has 0 unspecified atom stereocenters. The molecule has 1 saturated heterocycles. The Bertz CT molecular complexity index is 1090. The zero-order valence-corrected chi connectivity index (χ0v) is 17.5. The van der Waals surface area contributed by atoms with Gasteiger partial charge in [0.2, 0.25) is 15.9 Å². The Labute approximate surface area is 179 Å². The first kappa shape index (κ1) is 21.1. The topological polar surface area (TPSA) is 113 Å². The molecular weight excluding hydrogens is 424 g/mol. The maximum atomic E-state index is 13.0. The first-order valence-electron chi connectivity index (χ1n) is 9.84. The number of sulfonamides is 1. The van der Waals surface area contributed by atoms with Gasteiger partial charge in [0, 0.05) is 32.2 Å². The second kappa shape index (κ2) is 8.56. The van der Waals surface area contributed by atoms with Crippen LogP contribution >= 0.6 is 0 Å². The van der Waals surface area contributed by atoms with Crippen molar-refractivity contribution in [2.45, 2.75) is 11.3 Å². The Morgan fingerprint density at radius 1 is 0.903 bits per heavy atom. The zero-order valence-electron chi connectivity index (χ0n) is 16.7. The molecule has 0 atom stereocenters. The van der Waals surface area contributed by atoms with Crippen molar-refractivity contribution in [1.29, 1.82) is 0 Å². The minimum Gasteiger partial charge on any atom is -0.486 e. The van der Waals surface area contributed by atoms with E-state index in [0.29, 0.717) is 30.3 Å². The molecule has 0 radical (unpaired) electrons. The zero-order chi connectivity index (χ0) is 22.0. The number of amides is 1. The van der Waals surface area contributed by atoms with Gasteiger partial charge in [0.05, 0.1) is 16.9 Å². The van der Waals surface area contributed by atoms with Gasteiger partial charge in [-0.3, -0.25) is 4.79 Å². The van der Waals surface area contributed by atoms with Crippen LogP contribution in [0.15, 0.2) is 47.4 Å². The Morgan fingerprint density at radius 2 is 1.55 bits per heavy atom. The van der Waals surface area contributed by atoms with Gasteiger partial charge in [-0.05, 0) is 29.8 Å². The largest absolute Gasteiger partial charge is 0.486 e. The van der Waals surface area contributed by atoms with Gasteiger partial charge in [-0.1, -0.05) is 12.1 Å². The number of carbonyl (C=O) groups is 2. The van der Waals surface area contributed by atoms with Gasteiger partial charge in [-0.25, -0.2) is 13.2 Å². The van der Waals surface area contributed by atoms with Crippen LogP contribution in [0.1, 0.15) is 15.9 Å². The highest BCUT2D eigenvalue weighted by Crippen LogP contribution is 2.33. The Kier molecular flexibility index (Phi) is 5.84. The minimum atomic E-state index is -3.71. The lowest BCUT2D eigenvalue weighted by Gasteiger charge is -2.34. The number of nitrogens with zero attached hydrogens (tertiary/aromatic N) is 2. The predicted molar refractivity (Wildman–Crippen MR) is 110 cm³/mol. The number of piperazine rings is 1. The molecule has 9 nitrogen and oxygen atoms in total. The van der Waals surface area contributed by atoms with Gasteiger partial charge in [0.25, 0.3) is 0 Å². The molecule has 31 heavy (non-hydrogen) atoms. The summed E-state index contributed by atoms with van der Waals surface area (Å²) in [5.41, 5.74) is 0.871. The molecule has 1 fully saturated rings. The van der Waals surface area contributed by atoms with Crippen LogP contribution in [0, 0.1) is 0 Å². The lowest BCUT2D eigenvalue weighted by atomic mass is 10.1. The number of ether oxygens (including phenoxy) is 2. The molecule has 0 spiro atoms. The van der Waals surface area contributed by atoms with E-state index in [9.17, 15) is 18.0 Å². The maximum Gasteiger partial charge on any atom is 0.335 e. The summed E-state index contributed by atoms with van der Waals surface area (Å²) < 4.78 is 38.3. The molecule has 0 aliphatic carbocycles. The van der Waals surface area contributed by atoms with Crippen molar-refractivity contribution in [2.75, 3.05) is 39.4 Å². The quantitative estimate of drug-likeness (QED) is 0.735. The predicted octanol–water partition coefficient (Wildman–Crippen LogP) is 1.23. The maximum absolute atomic E-state index is 13.0. The second-order valence-electron chi connectivity index (χ2n) is 7.27. The highest BCUT2D eigenvalue weighted by Gasteiger charge is 2.31. The molecule has 1 amide bonds. The van der Waals surface area contributed by atoms with E-state index in [2.05, 4.69) is 0 Å². The fraction of sp³-hybridized carbons (Fsp3) is 0.333. The van der Waals surface area contributed by atoms with Gasteiger partial charge in [-0.2, -0.15) is 4.31 Å². The summed E-state index contributed by atoms with van der Waals surface area (Å²) in [7, 11) is -3.71. The second-order valence-corrected chi connectivity index (χ2v) is 9.21. The van der Waals surface area contributed by atoms with Gasteiger partial charge in [0.1, 0.15) is 13.2 Å². The molecule has 0 saturated carbocycles. The number of benzene rings is 2. The van der Waals surface area contributed by atoms with Crippen molar-refractivity contribution < 1.29 is 32.6 Å². The summed E-state index contributed by atoms with van der Waals surface area (Å²) in [6.45, 7) is 1.77. The Hall–Kier alpha value is -3.11. The average Bonchev–Trinajstić information content (AvgIpc) is 2.79. The van der Waals surface area contributed by atoms with E-state index < -0.39 is 16.0 Å².